The zero-order chi connectivity index (χ0) is 14.3. The first-order chi connectivity index (χ1) is 9.02. The van der Waals surface area contributed by atoms with Crippen LogP contribution >= 0.6 is 11.8 Å². The third kappa shape index (κ3) is 5.65. The Morgan fingerprint density at radius 1 is 1.42 bits per heavy atom. The average molecular weight is 282 g/mol. The van der Waals surface area contributed by atoms with E-state index in [1.165, 1.54) is 12.1 Å². The van der Waals surface area contributed by atoms with Crippen LogP contribution in [0.1, 0.15) is 23.7 Å². The number of carbonyl (C=O) groups excluding carboxylic acids is 1. The Hall–Kier alpha value is -1.69. The summed E-state index contributed by atoms with van der Waals surface area (Å²) in [5, 5.41) is 14.3. The summed E-state index contributed by atoms with van der Waals surface area (Å²) in [7, 11) is 0. The number of rotatable bonds is 6. The molecule has 19 heavy (non-hydrogen) atoms. The largest absolute Gasteiger partial charge is 0.478 e. The van der Waals surface area contributed by atoms with Crippen molar-refractivity contribution in [3.8, 4) is 0 Å². The summed E-state index contributed by atoms with van der Waals surface area (Å²) in [6.07, 6.45) is 2.91. The van der Waals surface area contributed by atoms with Gasteiger partial charge in [-0.2, -0.15) is 11.8 Å². The van der Waals surface area contributed by atoms with Crippen molar-refractivity contribution in [2.45, 2.75) is 19.4 Å². The number of hydrogen-bond acceptors (Lipinski definition) is 3. The number of thioether (sulfide) groups is 1. The van der Waals surface area contributed by atoms with Crippen LogP contribution in [0.15, 0.2) is 24.3 Å². The van der Waals surface area contributed by atoms with Gasteiger partial charge in [0.2, 0.25) is 0 Å². The molecule has 1 aromatic rings. The van der Waals surface area contributed by atoms with Crippen LogP contribution in [-0.2, 0) is 0 Å². The lowest BCUT2D eigenvalue weighted by molar-refractivity contribution is 0.0697. The third-order valence-electron chi connectivity index (χ3n) is 2.50. The summed E-state index contributed by atoms with van der Waals surface area (Å²) >= 11 is 1.73. The first-order valence-electron chi connectivity index (χ1n) is 5.92. The highest BCUT2D eigenvalue weighted by atomic mass is 32.2. The molecule has 0 fully saturated rings. The van der Waals surface area contributed by atoms with Gasteiger partial charge in [0, 0.05) is 11.7 Å². The number of hydrogen-bond donors (Lipinski definition) is 3. The van der Waals surface area contributed by atoms with Gasteiger partial charge in [-0.15, -0.1) is 0 Å². The first-order valence-corrected chi connectivity index (χ1v) is 7.32. The number of carboxylic acid groups (broad SMARTS) is 1. The Bertz CT molecular complexity index is 451. The van der Waals surface area contributed by atoms with Gasteiger partial charge < -0.3 is 15.7 Å². The lowest BCUT2D eigenvalue weighted by Crippen LogP contribution is -2.36. The van der Waals surface area contributed by atoms with E-state index < -0.39 is 5.97 Å². The fraction of sp³-hybridized carbons (Fsp3) is 0.385. The summed E-state index contributed by atoms with van der Waals surface area (Å²) in [5.41, 5.74) is 0.614. The lowest BCUT2D eigenvalue weighted by atomic mass is 10.2. The number of amides is 2. The van der Waals surface area contributed by atoms with E-state index in [0.29, 0.717) is 5.69 Å². The molecule has 6 heteroatoms. The monoisotopic (exact) mass is 282 g/mol. The van der Waals surface area contributed by atoms with Gasteiger partial charge in [-0.25, -0.2) is 9.59 Å². The molecule has 0 bridgehead atoms. The second kappa shape index (κ2) is 7.68. The number of carboxylic acids is 1. The molecule has 1 rings (SSSR count). The van der Waals surface area contributed by atoms with E-state index in [-0.39, 0.29) is 17.6 Å². The smallest absolute Gasteiger partial charge is 0.335 e. The van der Waals surface area contributed by atoms with Gasteiger partial charge in [0.1, 0.15) is 0 Å². The molecule has 0 saturated heterocycles. The van der Waals surface area contributed by atoms with Crippen molar-refractivity contribution >= 4 is 29.4 Å². The van der Waals surface area contributed by atoms with Gasteiger partial charge in [-0.3, -0.25) is 0 Å². The van der Waals surface area contributed by atoms with Crippen molar-refractivity contribution in [3.63, 3.8) is 0 Å². The predicted octanol–water partition coefficient (Wildman–Crippen LogP) is 2.65. The van der Waals surface area contributed by atoms with Crippen LogP contribution in [0.2, 0.25) is 0 Å². The average Bonchev–Trinajstić information content (AvgIpc) is 2.36. The fourth-order valence-corrected chi connectivity index (χ4v) is 2.08. The minimum atomic E-state index is -1.02. The van der Waals surface area contributed by atoms with Gasteiger partial charge >= 0.3 is 12.0 Å². The molecule has 0 saturated carbocycles. The number of aromatic carboxylic acids is 1. The molecule has 5 nitrogen and oxygen atoms in total. The Morgan fingerprint density at radius 3 is 2.79 bits per heavy atom. The number of benzene rings is 1. The maximum atomic E-state index is 11.7. The van der Waals surface area contributed by atoms with E-state index in [1.807, 2.05) is 13.2 Å². The van der Waals surface area contributed by atoms with Crippen LogP contribution in [0.25, 0.3) is 0 Å². The topological polar surface area (TPSA) is 78.4 Å². The number of nitrogens with one attached hydrogen (secondary N) is 2. The minimum absolute atomic E-state index is 0.0788. The van der Waals surface area contributed by atoms with Crippen molar-refractivity contribution in [1.82, 2.24) is 5.32 Å². The highest BCUT2D eigenvalue weighted by Gasteiger charge is 2.08. The molecule has 1 unspecified atom stereocenters. The van der Waals surface area contributed by atoms with Crippen LogP contribution < -0.4 is 10.6 Å². The van der Waals surface area contributed by atoms with Crippen molar-refractivity contribution in [2.24, 2.45) is 0 Å². The Balaban J connectivity index is 2.52. The van der Waals surface area contributed by atoms with Crippen molar-refractivity contribution in [3.05, 3.63) is 29.8 Å². The number of carbonyl (C=O) groups is 2. The standard InChI is InChI=1S/C13H18N2O3S/c1-9(6-7-19-2)14-13(18)15-11-5-3-4-10(8-11)12(16)17/h3-5,8-9H,6-7H2,1-2H3,(H,16,17)(H2,14,15,18). The normalized spacial score (nSPS) is 11.7. The summed E-state index contributed by atoms with van der Waals surface area (Å²) in [6.45, 7) is 1.93. The van der Waals surface area contributed by atoms with E-state index in [4.69, 9.17) is 5.11 Å². The van der Waals surface area contributed by atoms with E-state index in [0.717, 1.165) is 12.2 Å². The second-order valence-corrected chi connectivity index (χ2v) is 5.15. The fourth-order valence-electron chi connectivity index (χ4n) is 1.49. The summed E-state index contributed by atoms with van der Waals surface area (Å²) < 4.78 is 0. The van der Waals surface area contributed by atoms with Gasteiger partial charge in [0.15, 0.2) is 0 Å². The van der Waals surface area contributed by atoms with Crippen LogP contribution in [-0.4, -0.2) is 35.2 Å². The molecule has 3 N–H and O–H groups in total. The van der Waals surface area contributed by atoms with E-state index >= 15 is 0 Å². The van der Waals surface area contributed by atoms with Crippen molar-refractivity contribution in [2.75, 3.05) is 17.3 Å². The van der Waals surface area contributed by atoms with Gasteiger partial charge in [-0.1, -0.05) is 6.07 Å². The molecule has 104 valence electrons. The highest BCUT2D eigenvalue weighted by Crippen LogP contribution is 2.10. The molecule has 0 heterocycles. The molecule has 0 aliphatic heterocycles. The zero-order valence-electron chi connectivity index (χ0n) is 11.0. The maximum absolute atomic E-state index is 11.7. The molecular weight excluding hydrogens is 264 g/mol. The molecule has 2 amide bonds. The Kier molecular flexibility index (Phi) is 6.21. The van der Waals surface area contributed by atoms with E-state index in [1.54, 1.807) is 23.9 Å². The zero-order valence-corrected chi connectivity index (χ0v) is 11.8. The Labute approximate surface area is 116 Å². The summed E-state index contributed by atoms with van der Waals surface area (Å²) in [4.78, 5) is 22.5. The molecule has 0 spiro atoms. The van der Waals surface area contributed by atoms with Crippen molar-refractivity contribution in [1.29, 1.82) is 0 Å². The molecule has 0 aromatic heterocycles. The van der Waals surface area contributed by atoms with Gasteiger partial charge in [0.05, 0.1) is 5.56 Å². The van der Waals surface area contributed by atoms with Gasteiger partial charge in [0.25, 0.3) is 0 Å². The molecule has 1 atom stereocenters. The number of urea groups is 1. The SMILES string of the molecule is CSCCC(C)NC(=O)Nc1cccc(C(=O)O)c1. The van der Waals surface area contributed by atoms with E-state index in [2.05, 4.69) is 10.6 Å². The quantitative estimate of drug-likeness (QED) is 0.749. The van der Waals surface area contributed by atoms with Crippen molar-refractivity contribution < 1.29 is 14.7 Å². The molecule has 0 radical (unpaired) electrons. The molecular formula is C13H18N2O3S. The van der Waals surface area contributed by atoms with Crippen LogP contribution in [0.4, 0.5) is 10.5 Å². The second-order valence-electron chi connectivity index (χ2n) is 4.17. The molecule has 0 aliphatic rings. The lowest BCUT2D eigenvalue weighted by Gasteiger charge is -2.14. The van der Waals surface area contributed by atoms with E-state index in [9.17, 15) is 9.59 Å². The summed E-state index contributed by atoms with van der Waals surface area (Å²) in [5.74, 6) is -0.0342. The molecule has 1 aromatic carbocycles. The summed E-state index contributed by atoms with van der Waals surface area (Å²) in [6, 6.07) is 5.90. The minimum Gasteiger partial charge on any atom is -0.478 e. The Morgan fingerprint density at radius 2 is 2.16 bits per heavy atom. The maximum Gasteiger partial charge on any atom is 0.335 e. The highest BCUT2D eigenvalue weighted by molar-refractivity contribution is 7.98. The van der Waals surface area contributed by atoms with Crippen LogP contribution in [0.3, 0.4) is 0 Å². The predicted molar refractivity (Wildman–Crippen MR) is 78.0 cm³/mol. The first kappa shape index (κ1) is 15.4. The third-order valence-corrected chi connectivity index (χ3v) is 3.14. The van der Waals surface area contributed by atoms with Gasteiger partial charge in [-0.05, 0) is 43.6 Å². The van der Waals surface area contributed by atoms with Crippen LogP contribution in [0.5, 0.6) is 0 Å². The number of anilines is 1. The molecule has 0 aliphatic carbocycles. The van der Waals surface area contributed by atoms with Crippen LogP contribution in [0, 0.1) is 0 Å².